The Bertz CT molecular complexity index is 487. The van der Waals surface area contributed by atoms with Crippen LogP contribution < -0.4 is 15.8 Å². The molecule has 0 unspecified atom stereocenters. The Morgan fingerprint density at radius 2 is 2.06 bits per heavy atom. The predicted octanol–water partition coefficient (Wildman–Crippen LogP) is 1.68. The van der Waals surface area contributed by atoms with Crippen LogP contribution in [0.5, 0.6) is 5.75 Å². The van der Waals surface area contributed by atoms with E-state index in [1.54, 1.807) is 13.2 Å². The van der Waals surface area contributed by atoms with Gasteiger partial charge in [0.05, 0.1) is 6.20 Å². The number of benzene rings is 1. The molecule has 0 bridgehead atoms. The lowest BCUT2D eigenvalue weighted by molar-refractivity contribution is 0.305. The SMILES string of the molecule is CNc1nc(N)ncc1OCc1ccccc1. The Balaban J connectivity index is 2.09. The van der Waals surface area contributed by atoms with Crippen molar-refractivity contribution in [2.75, 3.05) is 18.1 Å². The van der Waals surface area contributed by atoms with E-state index in [0.717, 1.165) is 5.56 Å². The largest absolute Gasteiger partial charge is 0.483 e. The quantitative estimate of drug-likeness (QED) is 0.836. The molecule has 2 aromatic rings. The number of hydrogen-bond acceptors (Lipinski definition) is 5. The van der Waals surface area contributed by atoms with Gasteiger partial charge in [-0.3, -0.25) is 0 Å². The minimum Gasteiger partial charge on any atom is -0.483 e. The number of anilines is 2. The molecule has 0 saturated heterocycles. The van der Waals surface area contributed by atoms with Gasteiger partial charge >= 0.3 is 0 Å². The number of ether oxygens (including phenoxy) is 1. The second-order valence-electron chi connectivity index (χ2n) is 3.47. The second-order valence-corrected chi connectivity index (χ2v) is 3.47. The van der Waals surface area contributed by atoms with E-state index in [9.17, 15) is 0 Å². The Kier molecular flexibility index (Phi) is 3.40. The average molecular weight is 230 g/mol. The minimum absolute atomic E-state index is 0.224. The van der Waals surface area contributed by atoms with E-state index in [1.165, 1.54) is 0 Å². The van der Waals surface area contributed by atoms with Gasteiger partial charge in [-0.1, -0.05) is 30.3 Å². The molecule has 0 amide bonds. The maximum Gasteiger partial charge on any atom is 0.222 e. The average Bonchev–Trinajstić information content (AvgIpc) is 2.38. The van der Waals surface area contributed by atoms with Crippen LogP contribution in [-0.4, -0.2) is 17.0 Å². The molecule has 0 saturated carbocycles. The zero-order chi connectivity index (χ0) is 12.1. The Morgan fingerprint density at radius 3 is 2.76 bits per heavy atom. The van der Waals surface area contributed by atoms with E-state index in [-0.39, 0.29) is 5.95 Å². The molecule has 5 nitrogen and oxygen atoms in total. The standard InChI is InChI=1S/C12H14N4O/c1-14-11-10(7-15-12(13)16-11)17-8-9-5-3-2-4-6-9/h2-7H,8H2,1H3,(H3,13,14,15,16). The first kappa shape index (κ1) is 11.2. The lowest BCUT2D eigenvalue weighted by atomic mass is 10.2. The third-order valence-electron chi connectivity index (χ3n) is 2.25. The first-order valence-electron chi connectivity index (χ1n) is 5.26. The second kappa shape index (κ2) is 5.16. The van der Waals surface area contributed by atoms with E-state index in [4.69, 9.17) is 10.5 Å². The lowest BCUT2D eigenvalue weighted by Gasteiger charge is -2.10. The van der Waals surface area contributed by atoms with Gasteiger partial charge in [0.2, 0.25) is 5.95 Å². The van der Waals surface area contributed by atoms with Gasteiger partial charge in [-0.05, 0) is 5.56 Å². The Labute approximate surface area is 99.7 Å². The van der Waals surface area contributed by atoms with Crippen molar-refractivity contribution in [2.45, 2.75) is 6.61 Å². The molecule has 0 aliphatic heterocycles. The van der Waals surface area contributed by atoms with Gasteiger partial charge in [-0.25, -0.2) is 4.98 Å². The van der Waals surface area contributed by atoms with Gasteiger partial charge in [0.25, 0.3) is 0 Å². The summed E-state index contributed by atoms with van der Waals surface area (Å²) in [5.74, 6) is 1.40. The molecule has 3 N–H and O–H groups in total. The summed E-state index contributed by atoms with van der Waals surface area (Å²) in [6.45, 7) is 0.475. The summed E-state index contributed by atoms with van der Waals surface area (Å²) in [6.07, 6.45) is 1.57. The van der Waals surface area contributed by atoms with Crippen LogP contribution in [0.3, 0.4) is 0 Å². The molecule has 1 heterocycles. The van der Waals surface area contributed by atoms with Crippen molar-refractivity contribution >= 4 is 11.8 Å². The van der Waals surface area contributed by atoms with Crippen molar-refractivity contribution in [3.63, 3.8) is 0 Å². The summed E-state index contributed by atoms with van der Waals surface area (Å²) in [5, 5.41) is 2.92. The molecule has 88 valence electrons. The molecule has 1 aromatic carbocycles. The molecule has 17 heavy (non-hydrogen) atoms. The van der Waals surface area contributed by atoms with Gasteiger partial charge in [0.15, 0.2) is 11.6 Å². The van der Waals surface area contributed by atoms with E-state index >= 15 is 0 Å². The maximum absolute atomic E-state index is 5.63. The molecule has 0 spiro atoms. The fourth-order valence-electron chi connectivity index (χ4n) is 1.40. The van der Waals surface area contributed by atoms with Crippen LogP contribution >= 0.6 is 0 Å². The molecule has 2 rings (SSSR count). The molecule has 5 heteroatoms. The molecule has 0 atom stereocenters. The zero-order valence-corrected chi connectivity index (χ0v) is 9.55. The van der Waals surface area contributed by atoms with Crippen LogP contribution in [0.15, 0.2) is 36.5 Å². The number of nitrogen functional groups attached to an aromatic ring is 1. The van der Waals surface area contributed by atoms with Crippen LogP contribution in [0.1, 0.15) is 5.56 Å². The highest BCUT2D eigenvalue weighted by Gasteiger charge is 2.05. The van der Waals surface area contributed by atoms with Gasteiger partial charge in [-0.15, -0.1) is 0 Å². The smallest absolute Gasteiger partial charge is 0.222 e. The third-order valence-corrected chi connectivity index (χ3v) is 2.25. The summed E-state index contributed by atoms with van der Waals surface area (Å²) in [5.41, 5.74) is 6.58. The number of nitrogens with two attached hydrogens (primary N) is 1. The Hall–Kier alpha value is -2.30. The molecule has 0 aliphatic rings. The fourth-order valence-corrected chi connectivity index (χ4v) is 1.40. The van der Waals surface area contributed by atoms with Gasteiger partial charge in [0.1, 0.15) is 6.61 Å². The molecule has 1 aromatic heterocycles. The Morgan fingerprint density at radius 1 is 1.29 bits per heavy atom. The summed E-state index contributed by atoms with van der Waals surface area (Å²) < 4.78 is 5.63. The molecular weight excluding hydrogens is 216 g/mol. The summed E-state index contributed by atoms with van der Waals surface area (Å²) in [7, 11) is 1.76. The van der Waals surface area contributed by atoms with Crippen LogP contribution in [0.2, 0.25) is 0 Å². The topological polar surface area (TPSA) is 73.1 Å². The van der Waals surface area contributed by atoms with Crippen molar-refractivity contribution in [3.05, 3.63) is 42.1 Å². The van der Waals surface area contributed by atoms with Gasteiger partial charge < -0.3 is 15.8 Å². The van der Waals surface area contributed by atoms with E-state index < -0.39 is 0 Å². The maximum atomic E-state index is 5.63. The van der Waals surface area contributed by atoms with E-state index in [2.05, 4.69) is 15.3 Å². The van der Waals surface area contributed by atoms with E-state index in [0.29, 0.717) is 18.2 Å². The number of aromatic nitrogens is 2. The minimum atomic E-state index is 0.224. The molecular formula is C12H14N4O. The van der Waals surface area contributed by atoms with Crippen molar-refractivity contribution < 1.29 is 4.74 Å². The molecule has 0 aliphatic carbocycles. The first-order chi connectivity index (χ1) is 8.29. The molecule has 0 radical (unpaired) electrons. The van der Waals surface area contributed by atoms with Crippen molar-refractivity contribution in [2.24, 2.45) is 0 Å². The van der Waals surface area contributed by atoms with Gasteiger partial charge in [0, 0.05) is 7.05 Å². The van der Waals surface area contributed by atoms with Gasteiger partial charge in [-0.2, -0.15) is 4.98 Å². The first-order valence-corrected chi connectivity index (χ1v) is 5.26. The number of rotatable bonds is 4. The molecule has 0 fully saturated rings. The zero-order valence-electron chi connectivity index (χ0n) is 9.55. The van der Waals surface area contributed by atoms with Crippen LogP contribution in [0.4, 0.5) is 11.8 Å². The van der Waals surface area contributed by atoms with Crippen molar-refractivity contribution in [3.8, 4) is 5.75 Å². The monoisotopic (exact) mass is 230 g/mol. The summed E-state index contributed by atoms with van der Waals surface area (Å²) >= 11 is 0. The highest BCUT2D eigenvalue weighted by atomic mass is 16.5. The fraction of sp³-hybridized carbons (Fsp3) is 0.167. The normalized spacial score (nSPS) is 9.94. The van der Waals surface area contributed by atoms with Crippen LogP contribution in [0, 0.1) is 0 Å². The predicted molar refractivity (Wildman–Crippen MR) is 66.8 cm³/mol. The third kappa shape index (κ3) is 2.84. The van der Waals surface area contributed by atoms with Crippen molar-refractivity contribution in [1.29, 1.82) is 0 Å². The number of nitrogens with zero attached hydrogens (tertiary/aromatic N) is 2. The van der Waals surface area contributed by atoms with Crippen LogP contribution in [0.25, 0.3) is 0 Å². The summed E-state index contributed by atoms with van der Waals surface area (Å²) in [6, 6.07) is 9.90. The number of nitrogens with one attached hydrogen (secondary N) is 1. The van der Waals surface area contributed by atoms with Crippen molar-refractivity contribution in [1.82, 2.24) is 9.97 Å². The van der Waals surface area contributed by atoms with Crippen LogP contribution in [-0.2, 0) is 6.61 Å². The summed E-state index contributed by atoms with van der Waals surface area (Å²) in [4.78, 5) is 7.94. The van der Waals surface area contributed by atoms with E-state index in [1.807, 2.05) is 30.3 Å². The lowest BCUT2D eigenvalue weighted by Crippen LogP contribution is -2.04. The highest BCUT2D eigenvalue weighted by molar-refractivity contribution is 5.50. The number of hydrogen-bond donors (Lipinski definition) is 2. The highest BCUT2D eigenvalue weighted by Crippen LogP contribution is 2.21.